The number of imidazole rings is 1. The van der Waals surface area contributed by atoms with Crippen LogP contribution in [0.4, 0.5) is 0 Å². The molecule has 0 aromatic carbocycles. The normalized spacial score (nSPS) is 17.4. The van der Waals surface area contributed by atoms with Crippen molar-refractivity contribution in [3.8, 4) is 0 Å². The fourth-order valence-corrected chi connectivity index (χ4v) is 3.40. The molecule has 0 unspecified atom stereocenters. The number of hydrogen-bond donors (Lipinski definition) is 0. The van der Waals surface area contributed by atoms with E-state index >= 15 is 0 Å². The van der Waals surface area contributed by atoms with Gasteiger partial charge in [0.25, 0.3) is 0 Å². The molecular weight excluding hydrogens is 264 g/mol. The zero-order valence-electron chi connectivity index (χ0n) is 9.41. The molecule has 0 atom stereocenters. The molecule has 3 heteroatoms. The van der Waals surface area contributed by atoms with Gasteiger partial charge in [-0.25, -0.2) is 4.98 Å². The Kier molecular flexibility index (Phi) is 2.51. The molecule has 0 saturated heterocycles. The smallest absolute Gasteiger partial charge is 0.116 e. The van der Waals surface area contributed by atoms with Crippen LogP contribution in [0.25, 0.3) is 5.52 Å². The van der Waals surface area contributed by atoms with Crippen molar-refractivity contribution in [2.75, 3.05) is 0 Å². The first kappa shape index (κ1) is 10.3. The van der Waals surface area contributed by atoms with Gasteiger partial charge in [-0.3, -0.25) is 0 Å². The van der Waals surface area contributed by atoms with Crippen molar-refractivity contribution in [1.82, 2.24) is 9.38 Å². The van der Waals surface area contributed by atoms with Gasteiger partial charge in [0.15, 0.2) is 0 Å². The zero-order chi connectivity index (χ0) is 11.1. The minimum absolute atomic E-state index is 0.662. The Morgan fingerprint density at radius 1 is 1.38 bits per heavy atom. The average Bonchev–Trinajstić information content (AvgIpc) is 2.86. The van der Waals surface area contributed by atoms with Crippen LogP contribution in [-0.2, 0) is 0 Å². The van der Waals surface area contributed by atoms with Gasteiger partial charge in [-0.1, -0.05) is 12.8 Å². The van der Waals surface area contributed by atoms with Crippen LogP contribution < -0.4 is 0 Å². The van der Waals surface area contributed by atoms with Crippen LogP contribution in [0.15, 0.2) is 22.8 Å². The van der Waals surface area contributed by atoms with Gasteiger partial charge in [0.2, 0.25) is 0 Å². The van der Waals surface area contributed by atoms with Crippen LogP contribution in [0.5, 0.6) is 0 Å². The van der Waals surface area contributed by atoms with Crippen LogP contribution in [0.1, 0.15) is 43.1 Å². The molecule has 0 spiro atoms. The Bertz CT molecular complexity index is 524. The van der Waals surface area contributed by atoms with E-state index in [0.717, 1.165) is 10.2 Å². The predicted octanol–water partition coefficient (Wildman–Crippen LogP) is 4.06. The number of fused-ring (bicyclic) bond motifs is 1. The van der Waals surface area contributed by atoms with Crippen molar-refractivity contribution in [2.45, 2.75) is 38.5 Å². The summed E-state index contributed by atoms with van der Waals surface area (Å²) in [4.78, 5) is 4.77. The molecule has 0 N–H and O–H groups in total. The van der Waals surface area contributed by atoms with Gasteiger partial charge in [-0.15, -0.1) is 0 Å². The van der Waals surface area contributed by atoms with Crippen LogP contribution in [0.3, 0.4) is 0 Å². The van der Waals surface area contributed by atoms with Crippen molar-refractivity contribution < 1.29 is 0 Å². The van der Waals surface area contributed by atoms with E-state index < -0.39 is 0 Å². The molecule has 0 amide bonds. The highest BCUT2D eigenvalue weighted by molar-refractivity contribution is 9.10. The molecule has 0 aliphatic heterocycles. The lowest BCUT2D eigenvalue weighted by molar-refractivity contribution is 0.664. The van der Waals surface area contributed by atoms with Crippen LogP contribution in [-0.4, -0.2) is 9.38 Å². The second kappa shape index (κ2) is 3.88. The van der Waals surface area contributed by atoms with E-state index in [1.165, 1.54) is 37.0 Å². The molecule has 1 saturated carbocycles. The molecule has 1 aliphatic carbocycles. The van der Waals surface area contributed by atoms with Gasteiger partial charge in [0, 0.05) is 16.6 Å². The number of halogens is 1. The number of nitrogens with zero attached hydrogens (tertiary/aromatic N) is 2. The first-order valence-corrected chi connectivity index (χ1v) is 6.70. The first-order valence-electron chi connectivity index (χ1n) is 5.90. The van der Waals surface area contributed by atoms with Crippen LogP contribution in [0, 0.1) is 6.92 Å². The summed E-state index contributed by atoms with van der Waals surface area (Å²) in [6, 6.07) is 4.17. The maximum absolute atomic E-state index is 4.77. The van der Waals surface area contributed by atoms with Gasteiger partial charge >= 0.3 is 0 Å². The summed E-state index contributed by atoms with van der Waals surface area (Å²) < 4.78 is 3.40. The van der Waals surface area contributed by atoms with Crippen molar-refractivity contribution in [1.29, 1.82) is 0 Å². The zero-order valence-corrected chi connectivity index (χ0v) is 11.0. The number of rotatable bonds is 1. The molecule has 3 rings (SSSR count). The van der Waals surface area contributed by atoms with E-state index in [2.05, 4.69) is 45.6 Å². The molecule has 16 heavy (non-hydrogen) atoms. The van der Waals surface area contributed by atoms with E-state index in [4.69, 9.17) is 4.98 Å². The standard InChI is InChI=1S/C13H15BrN2/c1-9-12-11(14)7-4-8-16(12)13(15-9)10-5-2-3-6-10/h4,7-8,10H,2-3,5-6H2,1H3. The van der Waals surface area contributed by atoms with Gasteiger partial charge in [0.1, 0.15) is 5.82 Å². The van der Waals surface area contributed by atoms with Crippen LogP contribution in [0.2, 0.25) is 0 Å². The quantitative estimate of drug-likeness (QED) is 0.769. The third-order valence-corrected chi connectivity index (χ3v) is 4.18. The Hall–Kier alpha value is -0.830. The monoisotopic (exact) mass is 278 g/mol. The number of aryl methyl sites for hydroxylation is 1. The summed E-state index contributed by atoms with van der Waals surface area (Å²) >= 11 is 3.61. The predicted molar refractivity (Wildman–Crippen MR) is 68.8 cm³/mol. The Morgan fingerprint density at radius 3 is 2.88 bits per heavy atom. The highest BCUT2D eigenvalue weighted by Crippen LogP contribution is 2.35. The maximum Gasteiger partial charge on any atom is 0.116 e. The lowest BCUT2D eigenvalue weighted by Crippen LogP contribution is -1.99. The van der Waals surface area contributed by atoms with Crippen molar-refractivity contribution in [2.24, 2.45) is 0 Å². The summed E-state index contributed by atoms with van der Waals surface area (Å²) in [6.45, 7) is 2.10. The molecule has 2 aromatic heterocycles. The van der Waals surface area contributed by atoms with E-state index in [0.29, 0.717) is 5.92 Å². The van der Waals surface area contributed by atoms with Crippen LogP contribution >= 0.6 is 15.9 Å². The van der Waals surface area contributed by atoms with Gasteiger partial charge in [-0.05, 0) is 47.8 Å². The molecule has 2 aromatic rings. The minimum Gasteiger partial charge on any atom is -0.302 e. The summed E-state index contributed by atoms with van der Waals surface area (Å²) in [7, 11) is 0. The average molecular weight is 279 g/mol. The minimum atomic E-state index is 0.662. The van der Waals surface area contributed by atoms with E-state index in [1.807, 2.05) is 0 Å². The molecule has 0 bridgehead atoms. The molecule has 2 nitrogen and oxygen atoms in total. The number of pyridine rings is 1. The first-order chi connectivity index (χ1) is 7.77. The molecule has 1 fully saturated rings. The highest BCUT2D eigenvalue weighted by atomic mass is 79.9. The summed E-state index contributed by atoms with van der Waals surface area (Å²) in [5.41, 5.74) is 2.36. The highest BCUT2D eigenvalue weighted by Gasteiger charge is 2.22. The van der Waals surface area contributed by atoms with Gasteiger partial charge in [-0.2, -0.15) is 0 Å². The van der Waals surface area contributed by atoms with Gasteiger partial charge in [0.05, 0.1) is 11.2 Å². The van der Waals surface area contributed by atoms with Gasteiger partial charge < -0.3 is 4.40 Å². The summed E-state index contributed by atoms with van der Waals surface area (Å²) in [6.07, 6.45) is 7.43. The molecule has 84 valence electrons. The van der Waals surface area contributed by atoms with Crippen molar-refractivity contribution >= 4 is 21.4 Å². The Labute approximate surface area is 104 Å². The fourth-order valence-electron chi connectivity index (χ4n) is 2.77. The molecule has 2 heterocycles. The number of aromatic nitrogens is 2. The lowest BCUT2D eigenvalue weighted by atomic mass is 10.1. The third kappa shape index (κ3) is 1.49. The summed E-state index contributed by atoms with van der Waals surface area (Å²) in [5, 5.41) is 0. The second-order valence-corrected chi connectivity index (χ2v) is 5.47. The van der Waals surface area contributed by atoms with E-state index in [9.17, 15) is 0 Å². The number of hydrogen-bond acceptors (Lipinski definition) is 1. The molecule has 0 radical (unpaired) electrons. The topological polar surface area (TPSA) is 17.3 Å². The molecule has 1 aliphatic rings. The SMILES string of the molecule is Cc1nc(C2CCCC2)n2cccc(Br)c12. The van der Waals surface area contributed by atoms with Crippen molar-refractivity contribution in [3.05, 3.63) is 34.3 Å². The summed E-state index contributed by atoms with van der Waals surface area (Å²) in [5.74, 6) is 1.92. The fraction of sp³-hybridized carbons (Fsp3) is 0.462. The Balaban J connectivity index is 2.22. The Morgan fingerprint density at radius 2 is 2.12 bits per heavy atom. The maximum atomic E-state index is 4.77. The lowest BCUT2D eigenvalue weighted by Gasteiger charge is -2.07. The van der Waals surface area contributed by atoms with E-state index in [1.54, 1.807) is 0 Å². The third-order valence-electron chi connectivity index (χ3n) is 3.54. The molecular formula is C13H15BrN2. The van der Waals surface area contributed by atoms with Crippen molar-refractivity contribution in [3.63, 3.8) is 0 Å². The van der Waals surface area contributed by atoms with E-state index in [-0.39, 0.29) is 0 Å². The second-order valence-electron chi connectivity index (χ2n) is 4.61. The largest absolute Gasteiger partial charge is 0.302 e.